The van der Waals surface area contributed by atoms with Gasteiger partial charge in [0.15, 0.2) is 0 Å². The van der Waals surface area contributed by atoms with E-state index in [1.54, 1.807) is 12.4 Å². The van der Waals surface area contributed by atoms with Crippen molar-refractivity contribution in [1.29, 1.82) is 0 Å². The van der Waals surface area contributed by atoms with Crippen molar-refractivity contribution in [3.05, 3.63) is 52.8 Å². The first-order valence-corrected chi connectivity index (χ1v) is 5.88. The molecule has 0 unspecified atom stereocenters. The van der Waals surface area contributed by atoms with Crippen LogP contribution in [0.1, 0.15) is 0 Å². The number of fused-ring (bicyclic) bond motifs is 1. The van der Waals surface area contributed by atoms with Crippen LogP contribution < -0.4 is 0 Å². The summed E-state index contributed by atoms with van der Waals surface area (Å²) >= 11 is 11.9. The summed E-state index contributed by atoms with van der Waals surface area (Å²) in [4.78, 5) is 7.43. The molecule has 0 aliphatic heterocycles. The second-order valence-electron chi connectivity index (χ2n) is 3.77. The highest BCUT2D eigenvalue weighted by Crippen LogP contribution is 2.27. The predicted molar refractivity (Wildman–Crippen MR) is 71.5 cm³/mol. The smallest absolute Gasteiger partial charge is 0.107 e. The number of aromatic nitrogens is 2. The summed E-state index contributed by atoms with van der Waals surface area (Å²) in [5.74, 6) is 0. The first kappa shape index (κ1) is 10.6. The molecular formula is C13H8Cl2N2. The van der Waals surface area contributed by atoms with Gasteiger partial charge in [-0.15, -0.1) is 0 Å². The Hall–Kier alpha value is -1.51. The molecule has 0 aliphatic carbocycles. The standard InChI is InChI=1S/C13H8Cl2N2/c14-10-3-1-2-8(4-10)9-5-12-13(17-6-9)11(15)7-16-12/h1-7,16H. The maximum atomic E-state index is 5.98. The summed E-state index contributed by atoms with van der Waals surface area (Å²) in [7, 11) is 0. The molecule has 3 rings (SSSR count). The van der Waals surface area contributed by atoms with Crippen LogP contribution in [0.4, 0.5) is 0 Å². The van der Waals surface area contributed by atoms with Gasteiger partial charge < -0.3 is 4.98 Å². The Labute approximate surface area is 108 Å². The zero-order chi connectivity index (χ0) is 11.8. The molecular weight excluding hydrogens is 255 g/mol. The van der Waals surface area contributed by atoms with Crippen molar-refractivity contribution in [3.8, 4) is 11.1 Å². The summed E-state index contributed by atoms with van der Waals surface area (Å²) in [5.41, 5.74) is 3.76. The first-order valence-electron chi connectivity index (χ1n) is 5.12. The SMILES string of the molecule is Clc1cccc(-c2cnc3c(Cl)c[nH]c3c2)c1. The molecule has 17 heavy (non-hydrogen) atoms. The number of benzene rings is 1. The van der Waals surface area contributed by atoms with E-state index in [1.807, 2.05) is 30.3 Å². The van der Waals surface area contributed by atoms with Gasteiger partial charge in [0.05, 0.1) is 10.5 Å². The summed E-state index contributed by atoms with van der Waals surface area (Å²) in [5, 5.41) is 1.35. The molecule has 0 amide bonds. The molecule has 84 valence electrons. The summed E-state index contributed by atoms with van der Waals surface area (Å²) < 4.78 is 0. The third-order valence-electron chi connectivity index (χ3n) is 2.63. The summed E-state index contributed by atoms with van der Waals surface area (Å²) in [6, 6.07) is 9.69. The monoisotopic (exact) mass is 262 g/mol. The van der Waals surface area contributed by atoms with Crippen LogP contribution in [0.3, 0.4) is 0 Å². The number of hydrogen-bond donors (Lipinski definition) is 1. The van der Waals surface area contributed by atoms with Crippen molar-refractivity contribution in [2.45, 2.75) is 0 Å². The van der Waals surface area contributed by atoms with Crippen LogP contribution in [0, 0.1) is 0 Å². The Morgan fingerprint density at radius 2 is 1.94 bits per heavy atom. The highest BCUT2D eigenvalue weighted by molar-refractivity contribution is 6.35. The number of nitrogens with zero attached hydrogens (tertiary/aromatic N) is 1. The van der Waals surface area contributed by atoms with E-state index in [2.05, 4.69) is 9.97 Å². The zero-order valence-electron chi connectivity index (χ0n) is 8.74. The molecule has 1 N–H and O–H groups in total. The van der Waals surface area contributed by atoms with E-state index in [0.29, 0.717) is 10.0 Å². The van der Waals surface area contributed by atoms with E-state index in [-0.39, 0.29) is 0 Å². The summed E-state index contributed by atoms with van der Waals surface area (Å²) in [6.07, 6.45) is 3.54. The van der Waals surface area contributed by atoms with Crippen LogP contribution in [-0.4, -0.2) is 9.97 Å². The number of halogens is 2. The minimum Gasteiger partial charge on any atom is -0.358 e. The van der Waals surface area contributed by atoms with Crippen molar-refractivity contribution in [2.24, 2.45) is 0 Å². The molecule has 2 heterocycles. The van der Waals surface area contributed by atoms with Gasteiger partial charge in [0.1, 0.15) is 5.52 Å². The molecule has 3 aromatic rings. The van der Waals surface area contributed by atoms with Gasteiger partial charge >= 0.3 is 0 Å². The Balaban J connectivity index is 2.18. The molecule has 2 nitrogen and oxygen atoms in total. The minimum absolute atomic E-state index is 0.637. The molecule has 0 radical (unpaired) electrons. The molecule has 4 heteroatoms. The Morgan fingerprint density at radius 3 is 2.76 bits per heavy atom. The van der Waals surface area contributed by atoms with Gasteiger partial charge in [0, 0.05) is 23.0 Å². The second kappa shape index (κ2) is 4.06. The Morgan fingerprint density at radius 1 is 1.06 bits per heavy atom. The fourth-order valence-electron chi connectivity index (χ4n) is 1.80. The van der Waals surface area contributed by atoms with Crippen LogP contribution in [-0.2, 0) is 0 Å². The van der Waals surface area contributed by atoms with Crippen molar-refractivity contribution in [2.75, 3.05) is 0 Å². The van der Waals surface area contributed by atoms with Gasteiger partial charge in [0.2, 0.25) is 0 Å². The molecule has 0 aliphatic rings. The van der Waals surface area contributed by atoms with Crippen LogP contribution in [0.2, 0.25) is 10.0 Å². The lowest BCUT2D eigenvalue weighted by molar-refractivity contribution is 1.40. The number of hydrogen-bond acceptors (Lipinski definition) is 1. The lowest BCUT2D eigenvalue weighted by Crippen LogP contribution is -1.81. The number of rotatable bonds is 1. The number of aromatic amines is 1. The Kier molecular flexibility index (Phi) is 2.54. The van der Waals surface area contributed by atoms with Crippen LogP contribution in [0.25, 0.3) is 22.2 Å². The second-order valence-corrected chi connectivity index (χ2v) is 4.61. The van der Waals surface area contributed by atoms with Gasteiger partial charge in [0.25, 0.3) is 0 Å². The number of H-pyrrole nitrogens is 1. The molecule has 2 aromatic heterocycles. The quantitative estimate of drug-likeness (QED) is 0.686. The lowest BCUT2D eigenvalue weighted by Gasteiger charge is -2.02. The van der Waals surface area contributed by atoms with E-state index < -0.39 is 0 Å². The van der Waals surface area contributed by atoms with Crippen molar-refractivity contribution >= 4 is 34.2 Å². The van der Waals surface area contributed by atoms with Crippen LogP contribution in [0.5, 0.6) is 0 Å². The maximum Gasteiger partial charge on any atom is 0.107 e. The van der Waals surface area contributed by atoms with Crippen molar-refractivity contribution in [1.82, 2.24) is 9.97 Å². The average Bonchev–Trinajstić information content (AvgIpc) is 2.71. The van der Waals surface area contributed by atoms with E-state index in [4.69, 9.17) is 23.2 Å². The normalized spacial score (nSPS) is 10.9. The maximum absolute atomic E-state index is 5.98. The van der Waals surface area contributed by atoms with E-state index in [9.17, 15) is 0 Å². The molecule has 0 saturated carbocycles. The predicted octanol–water partition coefficient (Wildman–Crippen LogP) is 4.54. The molecule has 0 saturated heterocycles. The molecule has 0 bridgehead atoms. The third kappa shape index (κ3) is 1.90. The highest BCUT2D eigenvalue weighted by Gasteiger charge is 2.05. The number of pyridine rings is 1. The van der Waals surface area contributed by atoms with Gasteiger partial charge in [-0.05, 0) is 23.8 Å². The topological polar surface area (TPSA) is 28.7 Å². The van der Waals surface area contributed by atoms with Gasteiger partial charge in [-0.2, -0.15) is 0 Å². The summed E-state index contributed by atoms with van der Waals surface area (Å²) in [6.45, 7) is 0. The number of nitrogens with one attached hydrogen (secondary N) is 1. The van der Waals surface area contributed by atoms with E-state index in [1.165, 1.54) is 0 Å². The van der Waals surface area contributed by atoms with Gasteiger partial charge in [-0.1, -0.05) is 35.3 Å². The van der Waals surface area contributed by atoms with Crippen molar-refractivity contribution < 1.29 is 0 Å². The minimum atomic E-state index is 0.637. The third-order valence-corrected chi connectivity index (χ3v) is 3.15. The van der Waals surface area contributed by atoms with Crippen molar-refractivity contribution in [3.63, 3.8) is 0 Å². The van der Waals surface area contributed by atoms with E-state index in [0.717, 1.165) is 22.2 Å². The zero-order valence-corrected chi connectivity index (χ0v) is 10.3. The van der Waals surface area contributed by atoms with Gasteiger partial charge in [-0.25, -0.2) is 0 Å². The molecule has 0 spiro atoms. The lowest BCUT2D eigenvalue weighted by atomic mass is 10.1. The van der Waals surface area contributed by atoms with E-state index >= 15 is 0 Å². The Bertz CT molecular complexity index is 689. The van der Waals surface area contributed by atoms with Crippen LogP contribution >= 0.6 is 23.2 Å². The van der Waals surface area contributed by atoms with Crippen LogP contribution in [0.15, 0.2) is 42.7 Å². The fourth-order valence-corrected chi connectivity index (χ4v) is 2.20. The van der Waals surface area contributed by atoms with Gasteiger partial charge in [-0.3, -0.25) is 4.98 Å². The first-order chi connectivity index (χ1) is 8.24. The largest absolute Gasteiger partial charge is 0.358 e. The highest BCUT2D eigenvalue weighted by atomic mass is 35.5. The molecule has 1 aromatic carbocycles. The average molecular weight is 263 g/mol. The fraction of sp³-hybridized carbons (Fsp3) is 0. The molecule has 0 atom stereocenters. The molecule has 0 fully saturated rings.